The predicted molar refractivity (Wildman–Crippen MR) is 63.7 cm³/mol. The number of carbonyl (C=O) groups is 1. The predicted octanol–water partition coefficient (Wildman–Crippen LogP) is 2.17. The van der Waals surface area contributed by atoms with Crippen LogP contribution < -0.4 is 15.8 Å². The molecule has 3 N–H and O–H groups in total. The van der Waals surface area contributed by atoms with Gasteiger partial charge in [-0.1, -0.05) is 17.7 Å². The van der Waals surface area contributed by atoms with Gasteiger partial charge in [0, 0.05) is 17.1 Å². The van der Waals surface area contributed by atoms with Gasteiger partial charge in [-0.3, -0.25) is 0 Å². The highest BCUT2D eigenvalue weighted by Crippen LogP contribution is 2.17. The average Bonchev–Trinajstić information content (AvgIpc) is 2.14. The van der Waals surface area contributed by atoms with Crippen molar-refractivity contribution >= 4 is 17.7 Å². The van der Waals surface area contributed by atoms with E-state index in [1.807, 2.05) is 13.8 Å². The van der Waals surface area contributed by atoms with Crippen LogP contribution in [0.25, 0.3) is 0 Å². The highest BCUT2D eigenvalue weighted by atomic mass is 35.5. The van der Waals surface area contributed by atoms with Crippen LogP contribution in [0, 0.1) is 0 Å². The Morgan fingerprint density at radius 3 is 2.81 bits per heavy atom. The fourth-order valence-corrected chi connectivity index (χ4v) is 1.15. The number of hydrogen-bond acceptors (Lipinski definition) is 3. The lowest BCUT2D eigenvalue weighted by molar-refractivity contribution is 0.198. The van der Waals surface area contributed by atoms with E-state index in [-0.39, 0.29) is 0 Å². The Morgan fingerprint density at radius 1 is 1.56 bits per heavy atom. The number of nitrogens with two attached hydrogens (primary N) is 1. The maximum absolute atomic E-state index is 11.3. The first-order chi connectivity index (χ1) is 7.37. The van der Waals surface area contributed by atoms with Crippen molar-refractivity contribution in [1.29, 1.82) is 0 Å². The molecule has 1 rings (SSSR count). The van der Waals surface area contributed by atoms with E-state index in [9.17, 15) is 4.79 Å². The lowest BCUT2D eigenvalue weighted by atomic mass is 10.1. The third-order valence-corrected chi connectivity index (χ3v) is 1.93. The van der Waals surface area contributed by atoms with E-state index in [2.05, 4.69) is 5.32 Å². The van der Waals surface area contributed by atoms with E-state index in [1.165, 1.54) is 0 Å². The van der Waals surface area contributed by atoms with Crippen molar-refractivity contribution in [2.75, 3.05) is 6.54 Å². The fraction of sp³-hybridized carbons (Fsp3) is 0.364. The van der Waals surface area contributed by atoms with Gasteiger partial charge in [0.2, 0.25) is 0 Å². The molecule has 0 aromatic heterocycles. The van der Waals surface area contributed by atoms with Gasteiger partial charge in [0.25, 0.3) is 0 Å². The largest absolute Gasteiger partial charge is 0.412 e. The summed E-state index contributed by atoms with van der Waals surface area (Å²) in [5, 5.41) is 3.08. The summed E-state index contributed by atoms with van der Waals surface area (Å²) in [6.07, 6.45) is -0.541. The molecule has 1 aromatic rings. The zero-order valence-electron chi connectivity index (χ0n) is 9.29. The van der Waals surface area contributed by atoms with Crippen LogP contribution in [0.4, 0.5) is 4.79 Å². The number of amides is 1. The Morgan fingerprint density at radius 2 is 2.25 bits per heavy atom. The Balaban J connectivity index is 2.46. The van der Waals surface area contributed by atoms with Gasteiger partial charge < -0.3 is 15.8 Å². The molecule has 0 aliphatic rings. The quantitative estimate of drug-likeness (QED) is 0.854. The van der Waals surface area contributed by atoms with Crippen molar-refractivity contribution in [3.63, 3.8) is 0 Å². The molecular weight excluding hydrogens is 228 g/mol. The van der Waals surface area contributed by atoms with Crippen molar-refractivity contribution in [1.82, 2.24) is 5.32 Å². The summed E-state index contributed by atoms with van der Waals surface area (Å²) >= 11 is 5.75. The second-order valence-corrected chi connectivity index (χ2v) is 4.63. The number of ether oxygens (including phenoxy) is 1. The summed E-state index contributed by atoms with van der Waals surface area (Å²) < 4.78 is 5.00. The molecule has 0 atom stereocenters. The number of nitrogens with one attached hydrogen (secondary N) is 1. The SMILES string of the molecule is CC(C)(N)CNC(=O)Oc1cccc(Cl)c1. The van der Waals surface area contributed by atoms with Gasteiger partial charge in [-0.25, -0.2) is 4.79 Å². The molecule has 1 amide bonds. The molecule has 0 heterocycles. The summed E-state index contributed by atoms with van der Waals surface area (Å²) in [6, 6.07) is 6.63. The Bertz CT molecular complexity index is 374. The van der Waals surface area contributed by atoms with Crippen LogP contribution in [-0.2, 0) is 0 Å². The molecular formula is C11H15ClN2O2. The molecule has 0 radical (unpaired) electrons. The van der Waals surface area contributed by atoms with Gasteiger partial charge >= 0.3 is 6.09 Å². The highest BCUT2D eigenvalue weighted by Gasteiger charge is 2.13. The monoisotopic (exact) mass is 242 g/mol. The minimum Gasteiger partial charge on any atom is -0.410 e. The molecule has 0 aliphatic carbocycles. The minimum atomic E-state index is -0.541. The molecule has 0 bridgehead atoms. The molecule has 88 valence electrons. The van der Waals surface area contributed by atoms with Crippen LogP contribution in [-0.4, -0.2) is 18.2 Å². The van der Waals surface area contributed by atoms with Crippen LogP contribution in [0.1, 0.15) is 13.8 Å². The molecule has 0 saturated heterocycles. The van der Waals surface area contributed by atoms with Crippen LogP contribution in [0.2, 0.25) is 5.02 Å². The number of benzene rings is 1. The van der Waals surface area contributed by atoms with Crippen molar-refractivity contribution in [2.24, 2.45) is 5.73 Å². The number of carbonyl (C=O) groups excluding carboxylic acids is 1. The fourth-order valence-electron chi connectivity index (χ4n) is 0.974. The van der Waals surface area contributed by atoms with Gasteiger partial charge in [-0.05, 0) is 32.0 Å². The van der Waals surface area contributed by atoms with Crippen molar-refractivity contribution in [3.8, 4) is 5.75 Å². The van der Waals surface area contributed by atoms with Crippen molar-refractivity contribution in [3.05, 3.63) is 29.3 Å². The zero-order valence-corrected chi connectivity index (χ0v) is 10.0. The molecule has 4 nitrogen and oxygen atoms in total. The van der Waals surface area contributed by atoms with Crippen LogP contribution in [0.5, 0.6) is 5.75 Å². The molecule has 0 saturated carbocycles. The minimum absolute atomic E-state index is 0.340. The standard InChI is InChI=1S/C11H15ClN2O2/c1-11(2,13)7-14-10(15)16-9-5-3-4-8(12)6-9/h3-6H,7,13H2,1-2H3,(H,14,15). The second kappa shape index (κ2) is 5.18. The van der Waals surface area contributed by atoms with Gasteiger partial charge in [-0.2, -0.15) is 0 Å². The first-order valence-corrected chi connectivity index (χ1v) is 5.25. The average molecular weight is 243 g/mol. The summed E-state index contributed by atoms with van der Waals surface area (Å²) in [7, 11) is 0. The van der Waals surface area contributed by atoms with Crippen molar-refractivity contribution < 1.29 is 9.53 Å². The second-order valence-electron chi connectivity index (χ2n) is 4.19. The van der Waals surface area contributed by atoms with E-state index in [0.717, 1.165) is 0 Å². The molecule has 0 unspecified atom stereocenters. The normalized spacial score (nSPS) is 11.0. The van der Waals surface area contributed by atoms with Crippen LogP contribution >= 0.6 is 11.6 Å². The topological polar surface area (TPSA) is 64.3 Å². The molecule has 0 aliphatic heterocycles. The first-order valence-electron chi connectivity index (χ1n) is 4.87. The first kappa shape index (κ1) is 12.8. The molecule has 16 heavy (non-hydrogen) atoms. The van der Waals surface area contributed by atoms with Gasteiger partial charge in [-0.15, -0.1) is 0 Å². The van der Waals surface area contributed by atoms with E-state index >= 15 is 0 Å². The van der Waals surface area contributed by atoms with E-state index in [4.69, 9.17) is 22.1 Å². The van der Waals surface area contributed by atoms with Crippen LogP contribution in [0.3, 0.4) is 0 Å². The summed E-state index contributed by atoms with van der Waals surface area (Å²) in [6.45, 7) is 3.96. The third kappa shape index (κ3) is 5.00. The summed E-state index contributed by atoms with van der Waals surface area (Å²) in [5.74, 6) is 0.403. The van der Waals surface area contributed by atoms with E-state index in [0.29, 0.717) is 17.3 Å². The third-order valence-electron chi connectivity index (χ3n) is 1.69. The highest BCUT2D eigenvalue weighted by molar-refractivity contribution is 6.30. The molecule has 1 aromatic carbocycles. The summed E-state index contributed by atoms with van der Waals surface area (Å²) in [5.41, 5.74) is 5.24. The maximum Gasteiger partial charge on any atom is 0.412 e. The van der Waals surface area contributed by atoms with Gasteiger partial charge in [0.05, 0.1) is 0 Å². The Labute approximate surface area is 99.7 Å². The van der Waals surface area contributed by atoms with E-state index < -0.39 is 11.6 Å². The number of halogens is 1. The zero-order chi connectivity index (χ0) is 12.2. The lowest BCUT2D eigenvalue weighted by Gasteiger charge is -2.18. The lowest BCUT2D eigenvalue weighted by Crippen LogP contribution is -2.45. The smallest absolute Gasteiger partial charge is 0.410 e. The Hall–Kier alpha value is -1.26. The van der Waals surface area contributed by atoms with Crippen molar-refractivity contribution in [2.45, 2.75) is 19.4 Å². The number of rotatable bonds is 3. The van der Waals surface area contributed by atoms with Gasteiger partial charge in [0.15, 0.2) is 0 Å². The number of hydrogen-bond donors (Lipinski definition) is 2. The Kier molecular flexibility index (Phi) is 4.15. The molecule has 0 spiro atoms. The van der Waals surface area contributed by atoms with Gasteiger partial charge in [0.1, 0.15) is 5.75 Å². The molecule has 5 heteroatoms. The summed E-state index contributed by atoms with van der Waals surface area (Å²) in [4.78, 5) is 11.3. The van der Waals surface area contributed by atoms with Crippen LogP contribution in [0.15, 0.2) is 24.3 Å². The molecule has 0 fully saturated rings. The maximum atomic E-state index is 11.3. The van der Waals surface area contributed by atoms with E-state index in [1.54, 1.807) is 24.3 Å².